The highest BCUT2D eigenvalue weighted by Gasteiger charge is 2.30. The first kappa shape index (κ1) is 14.0. The molecule has 0 aliphatic rings. The molecule has 0 aliphatic carbocycles. The quantitative estimate of drug-likeness (QED) is 0.652. The SMILES string of the molecule is CNC(=O)C(C)(C)c1ccc([N+](=O)[O-])c(OC)c1. The summed E-state index contributed by atoms with van der Waals surface area (Å²) in [5.41, 5.74) is -0.241. The highest BCUT2D eigenvalue weighted by Crippen LogP contribution is 2.33. The van der Waals surface area contributed by atoms with Gasteiger partial charge in [-0.15, -0.1) is 0 Å². The van der Waals surface area contributed by atoms with Crippen LogP contribution in [0.4, 0.5) is 5.69 Å². The van der Waals surface area contributed by atoms with Crippen molar-refractivity contribution in [1.29, 1.82) is 0 Å². The van der Waals surface area contributed by atoms with Crippen LogP contribution in [0.3, 0.4) is 0 Å². The van der Waals surface area contributed by atoms with Gasteiger partial charge in [-0.1, -0.05) is 6.07 Å². The number of benzene rings is 1. The number of amides is 1. The van der Waals surface area contributed by atoms with Crippen molar-refractivity contribution in [3.8, 4) is 5.75 Å². The van der Waals surface area contributed by atoms with Crippen LogP contribution in [-0.4, -0.2) is 25.0 Å². The normalized spacial score (nSPS) is 10.9. The molecule has 0 fully saturated rings. The molecule has 1 N–H and O–H groups in total. The zero-order valence-corrected chi connectivity index (χ0v) is 10.8. The van der Waals surface area contributed by atoms with Gasteiger partial charge in [-0.3, -0.25) is 14.9 Å². The van der Waals surface area contributed by atoms with Crippen molar-refractivity contribution in [3.05, 3.63) is 33.9 Å². The monoisotopic (exact) mass is 252 g/mol. The van der Waals surface area contributed by atoms with E-state index in [9.17, 15) is 14.9 Å². The van der Waals surface area contributed by atoms with E-state index in [2.05, 4.69) is 5.32 Å². The molecule has 98 valence electrons. The maximum atomic E-state index is 11.8. The molecule has 0 aliphatic heterocycles. The Morgan fingerprint density at radius 3 is 2.50 bits per heavy atom. The van der Waals surface area contributed by atoms with Crippen LogP contribution in [-0.2, 0) is 10.2 Å². The summed E-state index contributed by atoms with van der Waals surface area (Å²) in [5, 5.41) is 13.3. The van der Waals surface area contributed by atoms with E-state index in [1.165, 1.54) is 19.2 Å². The first-order chi connectivity index (χ1) is 8.34. The lowest BCUT2D eigenvalue weighted by Gasteiger charge is -2.23. The van der Waals surface area contributed by atoms with Crippen LogP contribution >= 0.6 is 0 Å². The van der Waals surface area contributed by atoms with Crippen molar-refractivity contribution < 1.29 is 14.5 Å². The first-order valence-electron chi connectivity index (χ1n) is 5.39. The van der Waals surface area contributed by atoms with Gasteiger partial charge in [0.1, 0.15) is 0 Å². The number of nitro groups is 1. The lowest BCUT2D eigenvalue weighted by Crippen LogP contribution is -2.37. The second-order valence-corrected chi connectivity index (χ2v) is 4.35. The van der Waals surface area contributed by atoms with Gasteiger partial charge < -0.3 is 10.1 Å². The van der Waals surface area contributed by atoms with Crippen LogP contribution in [0.15, 0.2) is 18.2 Å². The molecule has 18 heavy (non-hydrogen) atoms. The summed E-state index contributed by atoms with van der Waals surface area (Å²) in [4.78, 5) is 22.0. The Morgan fingerprint density at radius 1 is 1.44 bits per heavy atom. The molecule has 1 aromatic rings. The molecular weight excluding hydrogens is 236 g/mol. The van der Waals surface area contributed by atoms with E-state index >= 15 is 0 Å². The van der Waals surface area contributed by atoms with Crippen LogP contribution in [0.5, 0.6) is 5.75 Å². The molecule has 1 amide bonds. The third kappa shape index (κ3) is 2.42. The molecule has 0 saturated heterocycles. The average molecular weight is 252 g/mol. The molecule has 1 rings (SSSR count). The molecule has 0 radical (unpaired) electrons. The predicted octanol–water partition coefficient (Wildman–Crippen LogP) is 1.63. The van der Waals surface area contributed by atoms with Gasteiger partial charge in [0.2, 0.25) is 5.91 Å². The number of nitrogens with zero attached hydrogens (tertiary/aromatic N) is 1. The van der Waals surface area contributed by atoms with Crippen molar-refractivity contribution in [3.63, 3.8) is 0 Å². The number of hydrogen-bond donors (Lipinski definition) is 1. The van der Waals surface area contributed by atoms with E-state index in [1.807, 2.05) is 0 Å². The fraction of sp³-hybridized carbons (Fsp3) is 0.417. The standard InChI is InChI=1S/C12H16N2O4/c1-12(2,11(15)13-3)8-5-6-9(14(16)17)10(7-8)18-4/h5-7H,1-4H3,(H,13,15). The third-order valence-corrected chi connectivity index (χ3v) is 2.89. The number of rotatable bonds is 4. The maximum absolute atomic E-state index is 11.8. The predicted molar refractivity (Wildman–Crippen MR) is 66.7 cm³/mol. The summed E-state index contributed by atoms with van der Waals surface area (Å²) in [7, 11) is 2.91. The largest absolute Gasteiger partial charge is 0.490 e. The highest BCUT2D eigenvalue weighted by molar-refractivity contribution is 5.87. The number of hydrogen-bond acceptors (Lipinski definition) is 4. The summed E-state index contributed by atoms with van der Waals surface area (Å²) in [6.45, 7) is 3.48. The van der Waals surface area contributed by atoms with E-state index in [-0.39, 0.29) is 17.3 Å². The number of carbonyl (C=O) groups is 1. The van der Waals surface area contributed by atoms with Crippen molar-refractivity contribution >= 4 is 11.6 Å². The highest BCUT2D eigenvalue weighted by atomic mass is 16.6. The summed E-state index contributed by atoms with van der Waals surface area (Å²) in [5.74, 6) is -0.0205. The summed E-state index contributed by atoms with van der Waals surface area (Å²) < 4.78 is 4.98. The molecule has 0 bridgehead atoms. The zero-order valence-electron chi connectivity index (χ0n) is 10.8. The number of carbonyl (C=O) groups excluding carboxylic acids is 1. The molecule has 6 nitrogen and oxygen atoms in total. The van der Waals surface area contributed by atoms with Gasteiger partial charge in [0.05, 0.1) is 17.4 Å². The minimum atomic E-state index is -0.781. The van der Waals surface area contributed by atoms with Crippen molar-refractivity contribution in [2.24, 2.45) is 0 Å². The topological polar surface area (TPSA) is 81.5 Å². The second-order valence-electron chi connectivity index (χ2n) is 4.35. The van der Waals surface area contributed by atoms with E-state index < -0.39 is 10.3 Å². The van der Waals surface area contributed by atoms with Crippen molar-refractivity contribution in [2.75, 3.05) is 14.2 Å². The summed E-state index contributed by atoms with van der Waals surface area (Å²) in [6, 6.07) is 4.43. The van der Waals surface area contributed by atoms with Gasteiger partial charge in [0, 0.05) is 13.1 Å². The molecule has 0 heterocycles. The molecule has 0 atom stereocenters. The van der Waals surface area contributed by atoms with Crippen molar-refractivity contribution in [2.45, 2.75) is 19.3 Å². The second kappa shape index (κ2) is 5.03. The van der Waals surface area contributed by atoms with Crippen LogP contribution in [0.1, 0.15) is 19.4 Å². The number of nitrogens with one attached hydrogen (secondary N) is 1. The third-order valence-electron chi connectivity index (χ3n) is 2.89. The Kier molecular flexibility index (Phi) is 3.90. The lowest BCUT2D eigenvalue weighted by atomic mass is 9.83. The Bertz CT molecular complexity index is 483. The van der Waals surface area contributed by atoms with E-state index in [0.717, 1.165) is 0 Å². The minimum Gasteiger partial charge on any atom is -0.490 e. The van der Waals surface area contributed by atoms with Crippen LogP contribution in [0, 0.1) is 10.1 Å². The number of nitro benzene ring substituents is 1. The number of ether oxygens (including phenoxy) is 1. The minimum absolute atomic E-state index is 0.117. The lowest BCUT2D eigenvalue weighted by molar-refractivity contribution is -0.385. The van der Waals surface area contributed by atoms with Gasteiger partial charge in [-0.05, 0) is 25.5 Å². The fourth-order valence-electron chi connectivity index (χ4n) is 1.66. The maximum Gasteiger partial charge on any atom is 0.310 e. The molecule has 6 heteroatoms. The molecule has 0 spiro atoms. The van der Waals surface area contributed by atoms with Gasteiger partial charge in [-0.25, -0.2) is 0 Å². The molecule has 1 aromatic carbocycles. The first-order valence-corrected chi connectivity index (χ1v) is 5.39. The zero-order chi connectivity index (χ0) is 13.9. The molecule has 0 saturated carbocycles. The van der Waals surface area contributed by atoms with E-state index in [1.54, 1.807) is 27.0 Å². The summed E-state index contributed by atoms with van der Waals surface area (Å²) in [6.07, 6.45) is 0. The molecular formula is C12H16N2O4. The van der Waals surface area contributed by atoms with Gasteiger partial charge >= 0.3 is 5.69 Å². The Labute approximate surface area is 105 Å². The number of likely N-dealkylation sites (N-methyl/N-ethyl adjacent to an activating group) is 1. The molecule has 0 aromatic heterocycles. The average Bonchev–Trinajstić information content (AvgIpc) is 2.36. The molecule has 0 unspecified atom stereocenters. The Morgan fingerprint density at radius 2 is 2.06 bits per heavy atom. The van der Waals surface area contributed by atoms with Crippen LogP contribution < -0.4 is 10.1 Å². The van der Waals surface area contributed by atoms with E-state index in [4.69, 9.17) is 4.74 Å². The summed E-state index contributed by atoms with van der Waals surface area (Å²) >= 11 is 0. The fourth-order valence-corrected chi connectivity index (χ4v) is 1.66. The van der Waals surface area contributed by atoms with Gasteiger partial charge in [0.25, 0.3) is 0 Å². The smallest absolute Gasteiger partial charge is 0.310 e. The Hall–Kier alpha value is -2.11. The van der Waals surface area contributed by atoms with Crippen LogP contribution in [0.2, 0.25) is 0 Å². The van der Waals surface area contributed by atoms with Gasteiger partial charge in [-0.2, -0.15) is 0 Å². The van der Waals surface area contributed by atoms with E-state index in [0.29, 0.717) is 5.56 Å². The van der Waals surface area contributed by atoms with Crippen LogP contribution in [0.25, 0.3) is 0 Å². The van der Waals surface area contributed by atoms with Gasteiger partial charge in [0.15, 0.2) is 5.75 Å². The van der Waals surface area contributed by atoms with Crippen molar-refractivity contribution in [1.82, 2.24) is 5.32 Å². The number of methoxy groups -OCH3 is 1. The Balaban J connectivity index is 3.29.